The summed E-state index contributed by atoms with van der Waals surface area (Å²) in [6.45, 7) is 12.6. The van der Waals surface area contributed by atoms with Gasteiger partial charge in [0.05, 0.1) is 0 Å². The van der Waals surface area contributed by atoms with Crippen molar-refractivity contribution < 1.29 is 4.42 Å². The molecule has 1 N–H and O–H groups in total. The third-order valence-electron chi connectivity index (χ3n) is 3.94. The zero-order valence-electron chi connectivity index (χ0n) is 14.4. The minimum absolute atomic E-state index is 0.259. The lowest BCUT2D eigenvalue weighted by Gasteiger charge is -2.11. The molecule has 0 amide bonds. The first-order chi connectivity index (χ1) is 10.4. The zero-order chi connectivity index (χ0) is 16.3. The summed E-state index contributed by atoms with van der Waals surface area (Å²) in [7, 11) is 0. The molecule has 122 valence electrons. The van der Waals surface area contributed by atoms with Gasteiger partial charge in [-0.1, -0.05) is 41.5 Å². The summed E-state index contributed by atoms with van der Waals surface area (Å²) in [6.07, 6.45) is 1.99. The Kier molecular flexibility index (Phi) is 5.32. The SMILES string of the molecule is CC(C)c1nnc(C(C)CCC(C)c2nnc(C(C)C)o2)[nH]1. The summed E-state index contributed by atoms with van der Waals surface area (Å²) in [4.78, 5) is 3.32. The molecule has 2 rings (SSSR count). The summed E-state index contributed by atoms with van der Waals surface area (Å²) in [5, 5.41) is 16.7. The van der Waals surface area contributed by atoms with Crippen LogP contribution in [0, 0.1) is 0 Å². The normalized spacial score (nSPS) is 14.7. The molecule has 0 bridgehead atoms. The molecule has 0 aliphatic heterocycles. The number of hydrogen-bond acceptors (Lipinski definition) is 5. The smallest absolute Gasteiger partial charge is 0.219 e. The molecule has 2 heterocycles. The third-order valence-corrected chi connectivity index (χ3v) is 3.94. The van der Waals surface area contributed by atoms with Gasteiger partial charge in [0.1, 0.15) is 11.6 Å². The van der Waals surface area contributed by atoms with E-state index in [2.05, 4.69) is 66.9 Å². The number of rotatable bonds is 7. The first-order valence-corrected chi connectivity index (χ1v) is 8.14. The molecule has 2 aromatic rings. The van der Waals surface area contributed by atoms with Crippen molar-refractivity contribution in [3.8, 4) is 0 Å². The molecule has 0 radical (unpaired) electrons. The van der Waals surface area contributed by atoms with Crippen LogP contribution in [0.2, 0.25) is 0 Å². The van der Waals surface area contributed by atoms with Crippen LogP contribution in [0.4, 0.5) is 0 Å². The van der Waals surface area contributed by atoms with Crippen molar-refractivity contribution in [1.82, 2.24) is 25.4 Å². The van der Waals surface area contributed by atoms with E-state index in [0.717, 1.165) is 30.4 Å². The standard InChI is InChI=1S/C16H27N5O/c1-9(2)13-17-14(19-18-13)11(5)7-8-12(6)16-21-20-15(22-16)10(3)4/h9-12H,7-8H2,1-6H3,(H,17,18,19). The highest BCUT2D eigenvalue weighted by Gasteiger charge is 2.18. The predicted octanol–water partition coefficient (Wildman–Crippen LogP) is 4.12. The van der Waals surface area contributed by atoms with Gasteiger partial charge in [0.2, 0.25) is 11.8 Å². The van der Waals surface area contributed by atoms with Gasteiger partial charge in [0, 0.05) is 23.7 Å². The van der Waals surface area contributed by atoms with Crippen LogP contribution in [0.25, 0.3) is 0 Å². The summed E-state index contributed by atoms with van der Waals surface area (Å²) < 4.78 is 5.72. The monoisotopic (exact) mass is 305 g/mol. The van der Waals surface area contributed by atoms with E-state index >= 15 is 0 Å². The molecular weight excluding hydrogens is 278 g/mol. The van der Waals surface area contributed by atoms with E-state index in [0.29, 0.717) is 17.7 Å². The van der Waals surface area contributed by atoms with Crippen LogP contribution < -0.4 is 0 Å². The van der Waals surface area contributed by atoms with E-state index in [1.807, 2.05) is 0 Å². The molecule has 2 atom stereocenters. The molecule has 0 aliphatic carbocycles. The average Bonchev–Trinajstić information content (AvgIpc) is 3.12. The fourth-order valence-electron chi connectivity index (χ4n) is 2.21. The van der Waals surface area contributed by atoms with Crippen LogP contribution in [0.3, 0.4) is 0 Å². The van der Waals surface area contributed by atoms with E-state index in [1.165, 1.54) is 0 Å². The molecule has 0 fully saturated rings. The summed E-state index contributed by atoms with van der Waals surface area (Å²) in [5.41, 5.74) is 0. The van der Waals surface area contributed by atoms with Gasteiger partial charge in [0.15, 0.2) is 0 Å². The summed E-state index contributed by atoms with van der Waals surface area (Å²) >= 11 is 0. The Morgan fingerprint density at radius 2 is 1.32 bits per heavy atom. The van der Waals surface area contributed by atoms with Crippen molar-refractivity contribution in [1.29, 1.82) is 0 Å². The van der Waals surface area contributed by atoms with Crippen molar-refractivity contribution in [3.63, 3.8) is 0 Å². The maximum Gasteiger partial charge on any atom is 0.219 e. The Hall–Kier alpha value is -1.72. The van der Waals surface area contributed by atoms with E-state index in [-0.39, 0.29) is 11.8 Å². The topological polar surface area (TPSA) is 80.5 Å². The first kappa shape index (κ1) is 16.6. The molecular formula is C16H27N5O. The van der Waals surface area contributed by atoms with E-state index in [4.69, 9.17) is 4.42 Å². The van der Waals surface area contributed by atoms with Crippen LogP contribution in [-0.4, -0.2) is 25.4 Å². The van der Waals surface area contributed by atoms with E-state index in [9.17, 15) is 0 Å². The average molecular weight is 305 g/mol. The molecule has 0 saturated carbocycles. The Morgan fingerprint density at radius 1 is 0.727 bits per heavy atom. The summed E-state index contributed by atoms with van der Waals surface area (Å²) in [6, 6.07) is 0. The Balaban J connectivity index is 1.90. The molecule has 0 saturated heterocycles. The van der Waals surface area contributed by atoms with Crippen LogP contribution in [0.15, 0.2) is 4.42 Å². The van der Waals surface area contributed by atoms with Crippen molar-refractivity contribution in [2.24, 2.45) is 0 Å². The van der Waals surface area contributed by atoms with Crippen molar-refractivity contribution in [2.45, 2.75) is 78.1 Å². The molecule has 22 heavy (non-hydrogen) atoms. The van der Waals surface area contributed by atoms with Gasteiger partial charge in [-0.3, -0.25) is 0 Å². The zero-order valence-corrected chi connectivity index (χ0v) is 14.4. The second-order valence-corrected chi connectivity index (χ2v) is 6.76. The Bertz CT molecular complexity index is 535. The Morgan fingerprint density at radius 3 is 1.86 bits per heavy atom. The van der Waals surface area contributed by atoms with Gasteiger partial charge >= 0.3 is 0 Å². The van der Waals surface area contributed by atoms with Crippen LogP contribution in [0.5, 0.6) is 0 Å². The molecule has 6 heteroatoms. The van der Waals surface area contributed by atoms with Crippen LogP contribution in [0.1, 0.15) is 101 Å². The van der Waals surface area contributed by atoms with Crippen molar-refractivity contribution >= 4 is 0 Å². The minimum Gasteiger partial charge on any atom is -0.425 e. The van der Waals surface area contributed by atoms with Gasteiger partial charge in [-0.25, -0.2) is 0 Å². The Labute approximate surface area is 132 Å². The summed E-state index contributed by atoms with van der Waals surface area (Å²) in [5.74, 6) is 4.61. The number of aromatic amines is 1. The van der Waals surface area contributed by atoms with Gasteiger partial charge in [-0.2, -0.15) is 0 Å². The second kappa shape index (κ2) is 7.03. The molecule has 2 aromatic heterocycles. The third kappa shape index (κ3) is 3.93. The van der Waals surface area contributed by atoms with Gasteiger partial charge < -0.3 is 9.40 Å². The van der Waals surface area contributed by atoms with E-state index < -0.39 is 0 Å². The second-order valence-electron chi connectivity index (χ2n) is 6.76. The fraction of sp³-hybridized carbons (Fsp3) is 0.750. The number of nitrogens with zero attached hydrogens (tertiary/aromatic N) is 4. The lowest BCUT2D eigenvalue weighted by atomic mass is 9.97. The fourth-order valence-corrected chi connectivity index (χ4v) is 2.21. The molecule has 2 unspecified atom stereocenters. The number of H-pyrrole nitrogens is 1. The maximum absolute atomic E-state index is 5.72. The predicted molar refractivity (Wildman–Crippen MR) is 84.9 cm³/mol. The van der Waals surface area contributed by atoms with Crippen LogP contribution in [-0.2, 0) is 0 Å². The van der Waals surface area contributed by atoms with E-state index in [1.54, 1.807) is 0 Å². The molecule has 0 aromatic carbocycles. The highest BCUT2D eigenvalue weighted by molar-refractivity contribution is 5.00. The highest BCUT2D eigenvalue weighted by Crippen LogP contribution is 2.27. The number of aromatic nitrogens is 5. The number of nitrogens with one attached hydrogen (secondary N) is 1. The minimum atomic E-state index is 0.259. The molecule has 0 aliphatic rings. The lowest BCUT2D eigenvalue weighted by Crippen LogP contribution is -2.01. The molecule has 6 nitrogen and oxygen atoms in total. The van der Waals surface area contributed by atoms with Gasteiger partial charge in [-0.05, 0) is 12.8 Å². The van der Waals surface area contributed by atoms with Gasteiger partial charge in [0.25, 0.3) is 0 Å². The lowest BCUT2D eigenvalue weighted by molar-refractivity contribution is 0.394. The van der Waals surface area contributed by atoms with Crippen molar-refractivity contribution in [3.05, 3.63) is 23.4 Å². The quantitative estimate of drug-likeness (QED) is 0.832. The molecule has 0 spiro atoms. The van der Waals surface area contributed by atoms with Gasteiger partial charge in [-0.15, -0.1) is 20.4 Å². The largest absolute Gasteiger partial charge is 0.425 e. The first-order valence-electron chi connectivity index (χ1n) is 8.14. The highest BCUT2D eigenvalue weighted by atomic mass is 16.4. The maximum atomic E-state index is 5.72. The number of hydrogen-bond donors (Lipinski definition) is 1. The van der Waals surface area contributed by atoms with Crippen LogP contribution >= 0.6 is 0 Å². The van der Waals surface area contributed by atoms with Crippen molar-refractivity contribution in [2.75, 3.05) is 0 Å².